The van der Waals surface area contributed by atoms with Crippen LogP contribution in [0.25, 0.3) is 0 Å². The third-order valence-corrected chi connectivity index (χ3v) is 8.19. The number of nitrogens with two attached hydrogens (primary N) is 1. The molecular formula is C35H72N2O2. The predicted octanol–water partition coefficient (Wildman–Crippen LogP) is 10.4. The van der Waals surface area contributed by atoms with Gasteiger partial charge in [0.25, 0.3) is 0 Å². The highest BCUT2D eigenvalue weighted by Crippen LogP contribution is 2.18. The summed E-state index contributed by atoms with van der Waals surface area (Å²) in [5.74, 6) is 0.0463. The van der Waals surface area contributed by atoms with E-state index in [2.05, 4.69) is 25.7 Å². The maximum absolute atomic E-state index is 12.6. The van der Waals surface area contributed by atoms with E-state index in [1.807, 2.05) is 0 Å². The van der Waals surface area contributed by atoms with Crippen LogP contribution in [0.15, 0.2) is 0 Å². The Morgan fingerprint density at radius 2 is 0.923 bits per heavy atom. The van der Waals surface area contributed by atoms with Crippen molar-refractivity contribution in [1.29, 1.82) is 0 Å². The number of unbranched alkanes of at least 4 members (excludes halogenated alkanes) is 19. The fraction of sp³-hybridized carbons (Fsp3) is 0.971. The second kappa shape index (κ2) is 31.9. The van der Waals surface area contributed by atoms with Gasteiger partial charge in [-0.2, -0.15) is 0 Å². The van der Waals surface area contributed by atoms with E-state index in [1.165, 1.54) is 148 Å². The van der Waals surface area contributed by atoms with Gasteiger partial charge < -0.3 is 15.4 Å². The van der Waals surface area contributed by atoms with Crippen molar-refractivity contribution < 1.29 is 9.53 Å². The number of carbonyl (C=O) groups excluding carboxylic acids is 1. The van der Waals surface area contributed by atoms with Crippen LogP contribution in [0.2, 0.25) is 0 Å². The summed E-state index contributed by atoms with van der Waals surface area (Å²) in [6.07, 6.45) is 32.5. The number of hydrogen-bond acceptors (Lipinski definition) is 4. The lowest BCUT2D eigenvalue weighted by molar-refractivity contribution is -0.150. The minimum atomic E-state index is 0.0463. The van der Waals surface area contributed by atoms with E-state index in [4.69, 9.17) is 10.5 Å². The van der Waals surface area contributed by atoms with Gasteiger partial charge in [0.1, 0.15) is 6.10 Å². The van der Waals surface area contributed by atoms with Crippen LogP contribution >= 0.6 is 0 Å². The summed E-state index contributed by atoms with van der Waals surface area (Å²) in [4.78, 5) is 15.2. The first-order valence-corrected chi connectivity index (χ1v) is 17.8. The first kappa shape index (κ1) is 38.4. The van der Waals surface area contributed by atoms with E-state index in [-0.39, 0.29) is 12.1 Å². The van der Waals surface area contributed by atoms with Gasteiger partial charge in [-0.25, -0.2) is 0 Å². The average molecular weight is 553 g/mol. The SMILES string of the molecule is CCCCCCCCC(CCCCCCCC)OC(=O)CCCCCCCN(CCN)CCCCCCCC. The molecule has 0 aliphatic carbocycles. The maximum atomic E-state index is 12.6. The Balaban J connectivity index is 4.04. The summed E-state index contributed by atoms with van der Waals surface area (Å²) in [5, 5.41) is 0. The van der Waals surface area contributed by atoms with Crippen LogP contribution in [0.4, 0.5) is 0 Å². The number of nitrogens with zero attached hydrogens (tertiary/aromatic N) is 1. The lowest BCUT2D eigenvalue weighted by Crippen LogP contribution is -2.31. The Morgan fingerprint density at radius 3 is 1.36 bits per heavy atom. The van der Waals surface area contributed by atoms with Crippen molar-refractivity contribution in [1.82, 2.24) is 4.90 Å². The second-order valence-corrected chi connectivity index (χ2v) is 12.1. The Kier molecular flexibility index (Phi) is 31.4. The van der Waals surface area contributed by atoms with Crippen LogP contribution in [0.5, 0.6) is 0 Å². The van der Waals surface area contributed by atoms with Gasteiger partial charge in [-0.05, 0) is 58.0 Å². The Hall–Kier alpha value is -0.610. The summed E-state index contributed by atoms with van der Waals surface area (Å²) in [6, 6.07) is 0. The molecule has 0 saturated carbocycles. The molecule has 4 heteroatoms. The molecule has 0 saturated heterocycles. The zero-order chi connectivity index (χ0) is 28.7. The highest BCUT2D eigenvalue weighted by molar-refractivity contribution is 5.69. The molecule has 0 aromatic rings. The van der Waals surface area contributed by atoms with Crippen molar-refractivity contribution in [3.8, 4) is 0 Å². The van der Waals surface area contributed by atoms with Crippen LogP contribution in [-0.4, -0.2) is 43.2 Å². The van der Waals surface area contributed by atoms with Crippen LogP contribution in [0.1, 0.15) is 188 Å². The normalized spacial score (nSPS) is 11.6. The molecule has 0 atom stereocenters. The van der Waals surface area contributed by atoms with E-state index in [0.29, 0.717) is 6.42 Å². The molecule has 39 heavy (non-hydrogen) atoms. The second-order valence-electron chi connectivity index (χ2n) is 12.1. The van der Waals surface area contributed by atoms with E-state index >= 15 is 0 Å². The predicted molar refractivity (Wildman–Crippen MR) is 172 cm³/mol. The number of hydrogen-bond donors (Lipinski definition) is 1. The van der Waals surface area contributed by atoms with Gasteiger partial charge in [-0.1, -0.05) is 136 Å². The van der Waals surface area contributed by atoms with Crippen molar-refractivity contribution in [2.75, 3.05) is 26.2 Å². The van der Waals surface area contributed by atoms with Gasteiger partial charge in [0, 0.05) is 19.5 Å². The number of rotatable bonds is 32. The molecule has 0 unspecified atom stereocenters. The van der Waals surface area contributed by atoms with Gasteiger partial charge in [0.2, 0.25) is 0 Å². The van der Waals surface area contributed by atoms with E-state index < -0.39 is 0 Å². The smallest absolute Gasteiger partial charge is 0.306 e. The summed E-state index contributed by atoms with van der Waals surface area (Å²) < 4.78 is 6.00. The third kappa shape index (κ3) is 28.7. The molecule has 0 amide bonds. The molecule has 4 nitrogen and oxygen atoms in total. The topological polar surface area (TPSA) is 55.6 Å². The Morgan fingerprint density at radius 1 is 0.538 bits per heavy atom. The molecule has 0 fully saturated rings. The van der Waals surface area contributed by atoms with Crippen LogP contribution in [-0.2, 0) is 9.53 Å². The van der Waals surface area contributed by atoms with Crippen molar-refractivity contribution in [2.24, 2.45) is 5.73 Å². The van der Waals surface area contributed by atoms with Crippen molar-refractivity contribution >= 4 is 5.97 Å². The van der Waals surface area contributed by atoms with E-state index in [1.54, 1.807) is 0 Å². The minimum absolute atomic E-state index is 0.0463. The lowest BCUT2D eigenvalue weighted by atomic mass is 10.0. The van der Waals surface area contributed by atoms with Gasteiger partial charge in [0.05, 0.1) is 0 Å². The zero-order valence-corrected chi connectivity index (χ0v) is 27.1. The van der Waals surface area contributed by atoms with Crippen molar-refractivity contribution in [2.45, 2.75) is 194 Å². The van der Waals surface area contributed by atoms with Crippen LogP contribution < -0.4 is 5.73 Å². The molecule has 0 heterocycles. The average Bonchev–Trinajstić information content (AvgIpc) is 2.93. The fourth-order valence-corrected chi connectivity index (χ4v) is 5.58. The minimum Gasteiger partial charge on any atom is -0.462 e. The largest absolute Gasteiger partial charge is 0.462 e. The number of esters is 1. The Labute approximate surface area is 246 Å². The molecule has 0 radical (unpaired) electrons. The first-order chi connectivity index (χ1) is 19.2. The van der Waals surface area contributed by atoms with Gasteiger partial charge in [0.15, 0.2) is 0 Å². The van der Waals surface area contributed by atoms with Crippen LogP contribution in [0.3, 0.4) is 0 Å². The van der Waals surface area contributed by atoms with Gasteiger partial charge in [-0.3, -0.25) is 4.79 Å². The summed E-state index contributed by atoms with van der Waals surface area (Å²) >= 11 is 0. The summed E-state index contributed by atoms with van der Waals surface area (Å²) in [5.41, 5.74) is 5.85. The maximum Gasteiger partial charge on any atom is 0.306 e. The third-order valence-electron chi connectivity index (χ3n) is 8.19. The molecular weight excluding hydrogens is 480 g/mol. The zero-order valence-electron chi connectivity index (χ0n) is 27.1. The standard InChI is InChI=1S/C35H72N2O2/c1-4-7-10-13-17-22-27-34(28-23-18-14-11-8-5-2)39-35(38)29-24-19-16-21-26-32-37(33-30-36)31-25-20-15-12-9-6-3/h34H,4-33,36H2,1-3H3. The molecule has 0 aromatic heterocycles. The number of carbonyl (C=O) groups is 1. The quantitative estimate of drug-likeness (QED) is 0.0666. The van der Waals surface area contributed by atoms with Gasteiger partial charge in [-0.15, -0.1) is 0 Å². The van der Waals surface area contributed by atoms with Crippen molar-refractivity contribution in [3.63, 3.8) is 0 Å². The molecule has 0 aromatic carbocycles. The fourth-order valence-electron chi connectivity index (χ4n) is 5.58. The molecule has 0 aliphatic rings. The first-order valence-electron chi connectivity index (χ1n) is 17.8. The van der Waals surface area contributed by atoms with Crippen molar-refractivity contribution in [3.05, 3.63) is 0 Å². The molecule has 234 valence electrons. The lowest BCUT2D eigenvalue weighted by Gasteiger charge is -2.21. The highest BCUT2D eigenvalue weighted by atomic mass is 16.5. The molecule has 0 rings (SSSR count). The molecule has 2 N–H and O–H groups in total. The number of ether oxygens (including phenoxy) is 1. The Bertz CT molecular complexity index is 469. The summed E-state index contributed by atoms with van der Waals surface area (Å²) in [7, 11) is 0. The molecule has 0 bridgehead atoms. The monoisotopic (exact) mass is 553 g/mol. The molecule has 0 spiro atoms. The molecule has 0 aliphatic heterocycles. The van der Waals surface area contributed by atoms with E-state index in [0.717, 1.165) is 38.8 Å². The van der Waals surface area contributed by atoms with E-state index in [9.17, 15) is 4.79 Å². The highest BCUT2D eigenvalue weighted by Gasteiger charge is 2.14. The van der Waals surface area contributed by atoms with Crippen LogP contribution in [0, 0.1) is 0 Å². The summed E-state index contributed by atoms with van der Waals surface area (Å²) in [6.45, 7) is 11.0. The van der Waals surface area contributed by atoms with Gasteiger partial charge >= 0.3 is 5.97 Å².